The number of fused-ring (bicyclic) bond motifs is 1. The van der Waals surface area contributed by atoms with Crippen LogP contribution in [0.3, 0.4) is 0 Å². The van der Waals surface area contributed by atoms with Crippen LogP contribution in [-0.4, -0.2) is 81.4 Å². The van der Waals surface area contributed by atoms with Crippen LogP contribution in [0.4, 0.5) is 5.69 Å². The first-order chi connectivity index (χ1) is 19.0. The normalized spacial score (nSPS) is 20.3. The second kappa shape index (κ2) is 12.7. The Morgan fingerprint density at radius 3 is 2.67 bits per heavy atom. The number of rotatable bonds is 8. The lowest BCUT2D eigenvalue weighted by molar-refractivity contribution is -0.128. The van der Waals surface area contributed by atoms with Crippen molar-refractivity contribution in [2.75, 3.05) is 58.9 Å². The van der Waals surface area contributed by atoms with E-state index in [-0.39, 0.29) is 23.8 Å². The minimum absolute atomic E-state index is 0.0221. The van der Waals surface area contributed by atoms with Crippen LogP contribution >= 0.6 is 0 Å². The summed E-state index contributed by atoms with van der Waals surface area (Å²) in [5, 5.41) is 5.99. The van der Waals surface area contributed by atoms with Crippen LogP contribution < -0.4 is 24.8 Å². The Hall–Kier alpha value is -3.37. The molecule has 1 unspecified atom stereocenters. The number of anilines is 1. The first-order valence-corrected chi connectivity index (χ1v) is 13.8. The van der Waals surface area contributed by atoms with Crippen molar-refractivity contribution >= 4 is 17.5 Å². The van der Waals surface area contributed by atoms with E-state index in [0.29, 0.717) is 67.5 Å². The predicted octanol–water partition coefficient (Wildman–Crippen LogP) is 3.11. The maximum Gasteiger partial charge on any atom is 0.238 e. The number of aromatic nitrogens is 1. The number of amides is 2. The van der Waals surface area contributed by atoms with Crippen molar-refractivity contribution in [2.24, 2.45) is 11.8 Å². The molecule has 0 aliphatic carbocycles. The molecule has 10 heteroatoms. The summed E-state index contributed by atoms with van der Waals surface area (Å²) in [5.74, 6) is 1.89. The molecule has 2 amide bonds. The van der Waals surface area contributed by atoms with Gasteiger partial charge in [0.15, 0.2) is 11.5 Å². The van der Waals surface area contributed by atoms with Crippen LogP contribution in [-0.2, 0) is 14.3 Å². The van der Waals surface area contributed by atoms with Gasteiger partial charge in [0, 0.05) is 31.1 Å². The maximum atomic E-state index is 12.7. The lowest BCUT2D eigenvalue weighted by atomic mass is 9.93. The quantitative estimate of drug-likeness (QED) is 0.528. The highest BCUT2D eigenvalue weighted by atomic mass is 16.6. The zero-order valence-electron chi connectivity index (χ0n) is 22.7. The molecule has 3 aliphatic heterocycles. The van der Waals surface area contributed by atoms with E-state index < -0.39 is 0 Å². The summed E-state index contributed by atoms with van der Waals surface area (Å²) in [4.78, 5) is 32.3. The van der Waals surface area contributed by atoms with E-state index >= 15 is 0 Å². The number of hydrogen-bond acceptors (Lipinski definition) is 8. The van der Waals surface area contributed by atoms with Crippen molar-refractivity contribution in [3.63, 3.8) is 0 Å². The van der Waals surface area contributed by atoms with E-state index in [2.05, 4.69) is 27.6 Å². The van der Waals surface area contributed by atoms with Gasteiger partial charge < -0.3 is 34.5 Å². The molecule has 2 fully saturated rings. The summed E-state index contributed by atoms with van der Waals surface area (Å²) in [6.07, 6.45) is 3.69. The summed E-state index contributed by atoms with van der Waals surface area (Å²) >= 11 is 0. The number of likely N-dealkylation sites (tertiary alicyclic amines) is 1. The van der Waals surface area contributed by atoms with Crippen LogP contribution in [0.15, 0.2) is 30.3 Å². The number of benzene rings is 1. The molecule has 0 saturated carbocycles. The SMILES string of the molecule is COc1nc(-c2cccc3c2OC(CNC(=O)C2CCOCC2)CO3)ccc1NC(=O)CC1CCN(C)CC1. The van der Waals surface area contributed by atoms with Gasteiger partial charge >= 0.3 is 0 Å². The standard InChI is InChI=1S/C29H38N4O6/c1-33-12-8-19(9-13-33)16-26(34)31-24-7-6-23(32-29(24)36-2)22-4-3-5-25-27(22)39-21(18-38-25)17-30-28(35)20-10-14-37-15-11-20/h3-7,19-21H,8-18H2,1-2H3,(H,30,35)(H,31,34). The van der Waals surface area contributed by atoms with E-state index in [4.69, 9.17) is 18.9 Å². The Balaban J connectivity index is 1.24. The summed E-state index contributed by atoms with van der Waals surface area (Å²) in [6.45, 7) is 3.97. The smallest absolute Gasteiger partial charge is 0.238 e. The van der Waals surface area contributed by atoms with Gasteiger partial charge in [-0.15, -0.1) is 0 Å². The van der Waals surface area contributed by atoms with Crippen LogP contribution in [0, 0.1) is 11.8 Å². The Labute approximate surface area is 229 Å². The number of nitrogens with one attached hydrogen (secondary N) is 2. The minimum atomic E-state index is -0.331. The van der Waals surface area contributed by atoms with E-state index in [1.54, 1.807) is 0 Å². The summed E-state index contributed by atoms with van der Waals surface area (Å²) < 4.78 is 23.2. The van der Waals surface area contributed by atoms with E-state index in [1.807, 2.05) is 30.3 Å². The molecule has 2 saturated heterocycles. The molecule has 10 nitrogen and oxygen atoms in total. The summed E-state index contributed by atoms with van der Waals surface area (Å²) in [6, 6.07) is 9.29. The van der Waals surface area contributed by atoms with Crippen LogP contribution in [0.5, 0.6) is 17.4 Å². The second-order valence-corrected chi connectivity index (χ2v) is 10.6. The van der Waals surface area contributed by atoms with Crippen molar-refractivity contribution < 1.29 is 28.5 Å². The van der Waals surface area contributed by atoms with Crippen molar-refractivity contribution in [3.8, 4) is 28.6 Å². The van der Waals surface area contributed by atoms with E-state index in [9.17, 15) is 9.59 Å². The van der Waals surface area contributed by atoms with E-state index in [1.165, 1.54) is 7.11 Å². The van der Waals surface area contributed by atoms with Crippen LogP contribution in [0.1, 0.15) is 32.1 Å². The van der Waals surface area contributed by atoms with Crippen molar-refractivity contribution in [3.05, 3.63) is 30.3 Å². The molecule has 5 rings (SSSR count). The molecule has 2 aromatic rings. The van der Waals surface area contributed by atoms with Crippen molar-refractivity contribution in [1.82, 2.24) is 15.2 Å². The molecule has 4 heterocycles. The number of ether oxygens (including phenoxy) is 4. The van der Waals surface area contributed by atoms with Gasteiger partial charge in [-0.2, -0.15) is 0 Å². The Kier molecular flexibility index (Phi) is 8.83. The van der Waals surface area contributed by atoms with Crippen molar-refractivity contribution in [1.29, 1.82) is 0 Å². The number of carbonyl (C=O) groups excluding carboxylic acids is 2. The van der Waals surface area contributed by atoms with Gasteiger partial charge in [-0.3, -0.25) is 9.59 Å². The number of piperidine rings is 1. The highest BCUT2D eigenvalue weighted by Gasteiger charge is 2.28. The first kappa shape index (κ1) is 27.2. The van der Waals surface area contributed by atoms with Crippen LogP contribution in [0.25, 0.3) is 11.3 Å². The Morgan fingerprint density at radius 1 is 1.10 bits per heavy atom. The predicted molar refractivity (Wildman–Crippen MR) is 146 cm³/mol. The number of hydrogen-bond donors (Lipinski definition) is 2. The van der Waals surface area contributed by atoms with Gasteiger partial charge in [0.2, 0.25) is 17.7 Å². The molecule has 1 aromatic carbocycles. The highest BCUT2D eigenvalue weighted by molar-refractivity contribution is 5.92. The average Bonchev–Trinajstić information content (AvgIpc) is 2.97. The molecule has 1 aromatic heterocycles. The zero-order valence-corrected chi connectivity index (χ0v) is 22.7. The molecule has 0 spiro atoms. The molecule has 39 heavy (non-hydrogen) atoms. The third-order valence-electron chi connectivity index (χ3n) is 7.70. The monoisotopic (exact) mass is 538 g/mol. The largest absolute Gasteiger partial charge is 0.486 e. The van der Waals surface area contributed by atoms with Gasteiger partial charge in [-0.05, 0) is 76.0 Å². The third kappa shape index (κ3) is 6.80. The number of para-hydroxylation sites is 1. The molecule has 1 atom stereocenters. The summed E-state index contributed by atoms with van der Waals surface area (Å²) in [5.41, 5.74) is 1.91. The number of nitrogens with zero attached hydrogens (tertiary/aromatic N) is 2. The number of carbonyl (C=O) groups is 2. The maximum absolute atomic E-state index is 12.7. The summed E-state index contributed by atoms with van der Waals surface area (Å²) in [7, 11) is 3.65. The van der Waals surface area contributed by atoms with E-state index in [0.717, 1.165) is 44.3 Å². The zero-order chi connectivity index (χ0) is 27.2. The van der Waals surface area contributed by atoms with Crippen molar-refractivity contribution in [2.45, 2.75) is 38.2 Å². The molecular formula is C29H38N4O6. The fourth-order valence-electron chi connectivity index (χ4n) is 5.33. The molecular weight excluding hydrogens is 500 g/mol. The van der Waals surface area contributed by atoms with Gasteiger partial charge in [0.25, 0.3) is 0 Å². The number of methoxy groups -OCH3 is 1. The molecule has 2 N–H and O–H groups in total. The van der Waals surface area contributed by atoms with Gasteiger partial charge in [-0.1, -0.05) is 6.07 Å². The van der Waals surface area contributed by atoms with Gasteiger partial charge in [-0.25, -0.2) is 4.98 Å². The topological polar surface area (TPSA) is 111 Å². The minimum Gasteiger partial charge on any atom is -0.486 e. The molecule has 0 radical (unpaired) electrons. The Bertz CT molecular complexity index is 1160. The Morgan fingerprint density at radius 2 is 1.90 bits per heavy atom. The lowest BCUT2D eigenvalue weighted by Crippen LogP contribution is -2.43. The van der Waals surface area contributed by atoms with Crippen LogP contribution in [0.2, 0.25) is 0 Å². The van der Waals surface area contributed by atoms with Gasteiger partial charge in [0.1, 0.15) is 18.4 Å². The number of pyridine rings is 1. The average molecular weight is 539 g/mol. The second-order valence-electron chi connectivity index (χ2n) is 10.6. The van der Waals surface area contributed by atoms with Gasteiger partial charge in [0.05, 0.1) is 19.3 Å². The highest BCUT2D eigenvalue weighted by Crippen LogP contribution is 2.41. The first-order valence-electron chi connectivity index (χ1n) is 13.8. The molecule has 0 bridgehead atoms. The third-order valence-corrected chi connectivity index (χ3v) is 7.70. The molecule has 3 aliphatic rings. The lowest BCUT2D eigenvalue weighted by Gasteiger charge is -2.29. The fraction of sp³-hybridized carbons (Fsp3) is 0.552. The fourth-order valence-corrected chi connectivity index (χ4v) is 5.33. The molecule has 210 valence electrons.